The molecule has 2 nitrogen and oxygen atoms in total. The van der Waals surface area contributed by atoms with Crippen LogP contribution in [0, 0.1) is 0 Å². The Morgan fingerprint density at radius 3 is 2.18 bits per heavy atom. The van der Waals surface area contributed by atoms with Gasteiger partial charge in [-0.1, -0.05) is 15.9 Å². The average molecular weight is 320 g/mol. The quantitative estimate of drug-likeness (QED) is 0.821. The number of halogens is 6. The van der Waals surface area contributed by atoms with E-state index in [2.05, 4.69) is 15.9 Å². The maximum absolute atomic E-state index is 13.0. The van der Waals surface area contributed by atoms with Gasteiger partial charge in [-0.15, -0.1) is 0 Å². The lowest BCUT2D eigenvalue weighted by molar-refractivity contribution is -0.291. The van der Waals surface area contributed by atoms with Crippen LogP contribution in [0.2, 0.25) is 0 Å². The molecule has 0 aromatic heterocycles. The van der Waals surface area contributed by atoms with Gasteiger partial charge < -0.3 is 10.8 Å². The molecule has 0 saturated carbocycles. The fourth-order valence-electron chi connectivity index (χ4n) is 1.14. The molecular weight excluding hydrogens is 313 g/mol. The number of rotatable bonds is 2. The van der Waals surface area contributed by atoms with E-state index in [0.29, 0.717) is 0 Å². The third-order valence-corrected chi connectivity index (χ3v) is 2.81. The van der Waals surface area contributed by atoms with Crippen molar-refractivity contribution in [3.8, 4) is 5.75 Å². The Bertz CT molecular complexity index is 420. The van der Waals surface area contributed by atoms with E-state index in [1.54, 1.807) is 0 Å². The maximum Gasteiger partial charge on any atom is 0.455 e. The summed E-state index contributed by atoms with van der Waals surface area (Å²) in [5.41, 5.74) is 4.40. The molecule has 0 saturated heterocycles. The van der Waals surface area contributed by atoms with Crippen molar-refractivity contribution in [2.75, 3.05) is 0 Å². The van der Waals surface area contributed by atoms with Crippen LogP contribution in [0.5, 0.6) is 5.75 Å². The van der Waals surface area contributed by atoms with Crippen LogP contribution in [0.25, 0.3) is 0 Å². The number of phenols is 1. The predicted molar refractivity (Wildman–Crippen MR) is 53.7 cm³/mol. The number of phenolic OH excluding ortho intramolecular Hbond substituents is 1. The molecule has 0 heterocycles. The molecule has 0 aliphatic carbocycles. The van der Waals surface area contributed by atoms with Crippen molar-refractivity contribution in [3.63, 3.8) is 0 Å². The van der Waals surface area contributed by atoms with Crippen LogP contribution in [-0.4, -0.2) is 17.2 Å². The summed E-state index contributed by atoms with van der Waals surface area (Å²) in [6.07, 6.45) is -5.75. The fraction of sp³-hybridized carbons (Fsp3) is 0.333. The van der Waals surface area contributed by atoms with Gasteiger partial charge in [0.15, 0.2) is 0 Å². The van der Waals surface area contributed by atoms with Gasteiger partial charge in [0, 0.05) is 4.47 Å². The van der Waals surface area contributed by atoms with Crippen LogP contribution in [0.3, 0.4) is 0 Å². The van der Waals surface area contributed by atoms with Crippen molar-refractivity contribution in [2.45, 2.75) is 18.1 Å². The summed E-state index contributed by atoms with van der Waals surface area (Å²) in [7, 11) is 0. The van der Waals surface area contributed by atoms with Gasteiger partial charge in [0.25, 0.3) is 0 Å². The summed E-state index contributed by atoms with van der Waals surface area (Å²) in [6, 6.07) is 0.432. The minimum Gasteiger partial charge on any atom is -0.508 e. The van der Waals surface area contributed by atoms with E-state index in [9.17, 15) is 22.0 Å². The Labute approximate surface area is 101 Å². The number of nitrogens with two attached hydrogens (primary N) is 1. The van der Waals surface area contributed by atoms with Crippen molar-refractivity contribution >= 4 is 15.9 Å². The highest BCUT2D eigenvalue weighted by Crippen LogP contribution is 2.45. The van der Waals surface area contributed by atoms with Gasteiger partial charge in [0.2, 0.25) is 0 Å². The SMILES string of the molecule is N[C@@H](c1cc(O)ccc1Br)C(F)(F)C(F)(F)F. The normalized spacial score (nSPS) is 14.8. The summed E-state index contributed by atoms with van der Waals surface area (Å²) in [4.78, 5) is 0. The van der Waals surface area contributed by atoms with Gasteiger partial charge in [-0.2, -0.15) is 22.0 Å². The van der Waals surface area contributed by atoms with Gasteiger partial charge in [-0.05, 0) is 23.8 Å². The summed E-state index contributed by atoms with van der Waals surface area (Å²) in [5.74, 6) is -5.53. The van der Waals surface area contributed by atoms with E-state index >= 15 is 0 Å². The van der Waals surface area contributed by atoms with Crippen molar-refractivity contribution < 1.29 is 27.1 Å². The first kappa shape index (κ1) is 14.2. The summed E-state index contributed by atoms with van der Waals surface area (Å²) < 4.78 is 62.2. The minimum absolute atomic E-state index is 0.0354. The maximum atomic E-state index is 13.0. The van der Waals surface area contributed by atoms with Crippen LogP contribution in [0.15, 0.2) is 22.7 Å². The molecule has 0 bridgehead atoms. The largest absolute Gasteiger partial charge is 0.508 e. The fourth-order valence-corrected chi connectivity index (χ4v) is 1.63. The highest BCUT2D eigenvalue weighted by Gasteiger charge is 2.62. The first-order valence-corrected chi connectivity index (χ1v) is 5.05. The molecule has 96 valence electrons. The lowest BCUT2D eigenvalue weighted by atomic mass is 10.0. The predicted octanol–water partition coefficient (Wildman–Crippen LogP) is 3.35. The summed E-state index contributed by atoms with van der Waals surface area (Å²) in [5, 5.41) is 9.05. The molecular formula is C9H7BrF5NO. The topological polar surface area (TPSA) is 46.2 Å². The summed E-state index contributed by atoms with van der Waals surface area (Å²) >= 11 is 2.80. The van der Waals surface area contributed by atoms with E-state index in [4.69, 9.17) is 10.8 Å². The average Bonchev–Trinajstić information content (AvgIpc) is 2.19. The number of alkyl halides is 5. The Balaban J connectivity index is 3.21. The first-order valence-electron chi connectivity index (χ1n) is 4.26. The zero-order chi connectivity index (χ0) is 13.4. The van der Waals surface area contributed by atoms with E-state index in [1.807, 2.05) is 0 Å². The zero-order valence-electron chi connectivity index (χ0n) is 8.10. The molecule has 0 amide bonds. The smallest absolute Gasteiger partial charge is 0.455 e. The molecule has 1 atom stereocenters. The molecule has 0 unspecified atom stereocenters. The van der Waals surface area contributed by atoms with Gasteiger partial charge in [0.05, 0.1) is 0 Å². The molecule has 1 aromatic carbocycles. The van der Waals surface area contributed by atoms with E-state index < -0.39 is 29.5 Å². The monoisotopic (exact) mass is 319 g/mol. The molecule has 1 rings (SSSR count). The highest BCUT2D eigenvalue weighted by molar-refractivity contribution is 9.10. The Morgan fingerprint density at radius 1 is 1.18 bits per heavy atom. The van der Waals surface area contributed by atoms with E-state index in [-0.39, 0.29) is 4.47 Å². The van der Waals surface area contributed by atoms with Crippen LogP contribution in [0.4, 0.5) is 22.0 Å². The van der Waals surface area contributed by atoms with Gasteiger partial charge in [-0.3, -0.25) is 0 Å². The van der Waals surface area contributed by atoms with Crippen LogP contribution >= 0.6 is 15.9 Å². The Kier molecular flexibility index (Phi) is 3.68. The molecule has 0 fully saturated rings. The minimum atomic E-state index is -5.75. The van der Waals surface area contributed by atoms with Crippen molar-refractivity contribution in [1.29, 1.82) is 0 Å². The molecule has 0 radical (unpaired) electrons. The van der Waals surface area contributed by atoms with Gasteiger partial charge in [0.1, 0.15) is 11.8 Å². The standard InChI is InChI=1S/C9H7BrF5NO/c10-6-2-1-4(17)3-5(6)7(16)8(11,12)9(13,14)15/h1-3,7,17H,16H2/t7-/m0/s1. The molecule has 1 aromatic rings. The van der Waals surface area contributed by atoms with Gasteiger partial charge >= 0.3 is 12.1 Å². The van der Waals surface area contributed by atoms with Crippen molar-refractivity contribution in [1.82, 2.24) is 0 Å². The number of hydrogen-bond acceptors (Lipinski definition) is 2. The number of benzene rings is 1. The van der Waals surface area contributed by atoms with Gasteiger partial charge in [-0.25, -0.2) is 0 Å². The van der Waals surface area contributed by atoms with Crippen LogP contribution < -0.4 is 5.73 Å². The Morgan fingerprint density at radius 2 is 1.71 bits per heavy atom. The zero-order valence-corrected chi connectivity index (χ0v) is 9.69. The second-order valence-corrected chi connectivity index (χ2v) is 4.16. The molecule has 3 N–H and O–H groups in total. The van der Waals surface area contributed by atoms with E-state index in [1.165, 1.54) is 0 Å². The second kappa shape index (κ2) is 4.41. The second-order valence-electron chi connectivity index (χ2n) is 3.30. The lowest BCUT2D eigenvalue weighted by Crippen LogP contribution is -2.45. The molecule has 0 aliphatic rings. The number of aromatic hydroxyl groups is 1. The van der Waals surface area contributed by atoms with Crippen LogP contribution in [-0.2, 0) is 0 Å². The Hall–Kier alpha value is -0.890. The molecule has 0 aliphatic heterocycles. The lowest BCUT2D eigenvalue weighted by Gasteiger charge is -2.26. The van der Waals surface area contributed by atoms with E-state index in [0.717, 1.165) is 18.2 Å². The van der Waals surface area contributed by atoms with Crippen LogP contribution in [0.1, 0.15) is 11.6 Å². The molecule has 0 spiro atoms. The highest BCUT2D eigenvalue weighted by atomic mass is 79.9. The number of hydrogen-bond donors (Lipinski definition) is 2. The molecule has 17 heavy (non-hydrogen) atoms. The third kappa shape index (κ3) is 2.68. The molecule has 8 heteroatoms. The van der Waals surface area contributed by atoms with Crippen molar-refractivity contribution in [3.05, 3.63) is 28.2 Å². The first-order chi connectivity index (χ1) is 7.57. The van der Waals surface area contributed by atoms with Crippen molar-refractivity contribution in [2.24, 2.45) is 5.73 Å². The third-order valence-electron chi connectivity index (χ3n) is 2.08. The summed E-state index contributed by atoms with van der Waals surface area (Å²) in [6.45, 7) is 0.